The zero-order valence-electron chi connectivity index (χ0n) is 15.3. The average molecular weight is 360 g/mol. The first-order valence-electron chi connectivity index (χ1n) is 8.95. The highest BCUT2D eigenvalue weighted by Gasteiger charge is 2.28. The van der Waals surface area contributed by atoms with E-state index >= 15 is 0 Å². The Kier molecular flexibility index (Phi) is 4.32. The van der Waals surface area contributed by atoms with Crippen LogP contribution < -0.4 is 5.56 Å². The Morgan fingerprint density at radius 3 is 2.63 bits per heavy atom. The molecule has 6 heteroatoms. The molecule has 0 bridgehead atoms. The minimum Gasteiger partial charge on any atom is -0.328 e. The fourth-order valence-corrected chi connectivity index (χ4v) is 3.33. The van der Waals surface area contributed by atoms with Crippen molar-refractivity contribution in [2.24, 2.45) is 0 Å². The van der Waals surface area contributed by atoms with Crippen LogP contribution in [0, 0.1) is 0 Å². The van der Waals surface area contributed by atoms with Gasteiger partial charge in [-0.2, -0.15) is 0 Å². The second-order valence-electron chi connectivity index (χ2n) is 7.00. The number of benzene rings is 1. The number of nitrogens with one attached hydrogen (secondary N) is 1. The smallest absolute Gasteiger partial charge is 0.256 e. The number of carbonyl (C=O) groups excluding carboxylic acids is 1. The van der Waals surface area contributed by atoms with Crippen molar-refractivity contribution in [3.63, 3.8) is 0 Å². The van der Waals surface area contributed by atoms with Crippen LogP contribution in [0.2, 0.25) is 0 Å². The summed E-state index contributed by atoms with van der Waals surface area (Å²) in [5, 5.41) is 0. The number of H-pyrrole nitrogens is 1. The Hall–Kier alpha value is -3.28. The van der Waals surface area contributed by atoms with Crippen LogP contribution >= 0.6 is 0 Å². The largest absolute Gasteiger partial charge is 0.328 e. The second-order valence-corrected chi connectivity index (χ2v) is 7.00. The zero-order valence-corrected chi connectivity index (χ0v) is 15.3. The molecule has 0 aliphatic carbocycles. The number of hydrogen-bond acceptors (Lipinski definition) is 4. The molecule has 0 saturated carbocycles. The number of carbonyl (C=O) groups is 1. The van der Waals surface area contributed by atoms with Crippen LogP contribution in [0.3, 0.4) is 0 Å². The molecular formula is C21H20N4O2. The molecule has 1 N–H and O–H groups in total. The number of hydrogen-bond donors (Lipinski definition) is 1. The number of aromatic amines is 1. The summed E-state index contributed by atoms with van der Waals surface area (Å²) in [6, 6.07) is 12.8. The molecule has 3 aromatic rings. The van der Waals surface area contributed by atoms with Crippen molar-refractivity contribution in [2.75, 3.05) is 0 Å². The lowest BCUT2D eigenvalue weighted by Crippen LogP contribution is -2.28. The summed E-state index contributed by atoms with van der Waals surface area (Å²) in [7, 11) is 0. The number of fused-ring (bicyclic) bond motifs is 1. The van der Waals surface area contributed by atoms with Gasteiger partial charge >= 0.3 is 0 Å². The number of aromatic nitrogens is 3. The van der Waals surface area contributed by atoms with Gasteiger partial charge in [0.2, 0.25) is 5.56 Å². The fraction of sp³-hybridized carbons (Fsp3) is 0.238. The molecular weight excluding hydrogens is 340 g/mol. The van der Waals surface area contributed by atoms with Crippen LogP contribution in [-0.2, 0) is 13.1 Å². The maximum absolute atomic E-state index is 13.1. The van der Waals surface area contributed by atoms with E-state index in [-0.39, 0.29) is 17.4 Å². The molecule has 0 fully saturated rings. The van der Waals surface area contributed by atoms with E-state index in [1.165, 1.54) is 6.07 Å². The molecule has 1 aliphatic rings. The monoisotopic (exact) mass is 360 g/mol. The van der Waals surface area contributed by atoms with Crippen LogP contribution in [0.15, 0.2) is 53.5 Å². The van der Waals surface area contributed by atoms with Crippen LogP contribution in [0.1, 0.15) is 47.1 Å². The van der Waals surface area contributed by atoms with Gasteiger partial charge in [-0.15, -0.1) is 0 Å². The normalized spacial score (nSPS) is 13.1. The van der Waals surface area contributed by atoms with Gasteiger partial charge in [-0.05, 0) is 12.0 Å². The van der Waals surface area contributed by atoms with Gasteiger partial charge in [0.25, 0.3) is 5.91 Å². The van der Waals surface area contributed by atoms with Crippen LogP contribution in [0.25, 0.3) is 11.4 Å². The highest BCUT2D eigenvalue weighted by Crippen LogP contribution is 2.26. The Morgan fingerprint density at radius 1 is 1.11 bits per heavy atom. The lowest BCUT2D eigenvalue weighted by molar-refractivity contribution is 0.0748. The molecule has 0 atom stereocenters. The molecule has 4 rings (SSSR count). The Morgan fingerprint density at radius 2 is 1.89 bits per heavy atom. The SMILES string of the molecule is CC(C)c1[nH]c(=O)ccc1C(=O)N1Cc2cnc(-c3ccccc3)nc2C1. The van der Waals surface area contributed by atoms with Gasteiger partial charge in [0, 0.05) is 35.6 Å². The molecule has 6 nitrogen and oxygen atoms in total. The topological polar surface area (TPSA) is 79.0 Å². The maximum Gasteiger partial charge on any atom is 0.256 e. The third-order valence-electron chi connectivity index (χ3n) is 4.73. The standard InChI is InChI=1S/C21H20N4O2/c1-13(2)19-16(8-9-18(26)24-19)21(27)25-11-15-10-22-20(23-17(15)12-25)14-6-4-3-5-7-14/h3-10,13H,11-12H2,1-2H3,(H,24,26). The number of amides is 1. The Labute approximate surface area is 156 Å². The predicted octanol–water partition coefficient (Wildman–Crippen LogP) is 3.11. The van der Waals surface area contributed by atoms with E-state index < -0.39 is 0 Å². The van der Waals surface area contributed by atoms with Crippen molar-refractivity contribution in [1.29, 1.82) is 0 Å². The molecule has 136 valence electrons. The molecule has 0 radical (unpaired) electrons. The van der Waals surface area contributed by atoms with Crippen molar-refractivity contribution in [2.45, 2.75) is 32.9 Å². The minimum atomic E-state index is -0.196. The first kappa shape index (κ1) is 17.1. The van der Waals surface area contributed by atoms with Gasteiger partial charge in [-0.3, -0.25) is 9.59 Å². The van der Waals surface area contributed by atoms with Crippen molar-refractivity contribution in [1.82, 2.24) is 19.9 Å². The molecule has 0 unspecified atom stereocenters. The second kappa shape index (κ2) is 6.79. The Bertz CT molecular complexity index is 1060. The van der Waals surface area contributed by atoms with E-state index in [2.05, 4.69) is 15.0 Å². The van der Waals surface area contributed by atoms with Crippen LogP contribution in [0.5, 0.6) is 0 Å². The van der Waals surface area contributed by atoms with Crippen LogP contribution in [0.4, 0.5) is 0 Å². The van der Waals surface area contributed by atoms with E-state index in [4.69, 9.17) is 0 Å². The van der Waals surface area contributed by atoms with E-state index in [1.54, 1.807) is 17.2 Å². The van der Waals surface area contributed by atoms with Gasteiger partial charge in [0.15, 0.2) is 5.82 Å². The highest BCUT2D eigenvalue weighted by atomic mass is 16.2. The number of rotatable bonds is 3. The highest BCUT2D eigenvalue weighted by molar-refractivity contribution is 5.95. The van der Waals surface area contributed by atoms with Gasteiger partial charge in [-0.25, -0.2) is 9.97 Å². The third-order valence-corrected chi connectivity index (χ3v) is 4.73. The van der Waals surface area contributed by atoms with Gasteiger partial charge < -0.3 is 9.88 Å². The van der Waals surface area contributed by atoms with Crippen LogP contribution in [-0.4, -0.2) is 25.8 Å². The molecule has 0 spiro atoms. The molecule has 1 amide bonds. The van der Waals surface area contributed by atoms with Gasteiger partial charge in [-0.1, -0.05) is 44.2 Å². The zero-order chi connectivity index (χ0) is 19.0. The third kappa shape index (κ3) is 3.26. The Balaban J connectivity index is 1.62. The summed E-state index contributed by atoms with van der Waals surface area (Å²) >= 11 is 0. The van der Waals surface area contributed by atoms with E-state index in [9.17, 15) is 9.59 Å². The van der Waals surface area contributed by atoms with E-state index in [1.807, 2.05) is 44.2 Å². The molecule has 2 aromatic heterocycles. The average Bonchev–Trinajstić information content (AvgIpc) is 3.11. The summed E-state index contributed by atoms with van der Waals surface area (Å²) in [5.74, 6) is 0.608. The van der Waals surface area contributed by atoms with E-state index in [0.29, 0.717) is 30.2 Å². The van der Waals surface area contributed by atoms with Crippen molar-refractivity contribution in [3.8, 4) is 11.4 Å². The lowest BCUT2D eigenvalue weighted by Gasteiger charge is -2.18. The first-order valence-corrected chi connectivity index (χ1v) is 8.95. The van der Waals surface area contributed by atoms with E-state index in [0.717, 1.165) is 16.8 Å². The number of nitrogens with zero attached hydrogens (tertiary/aromatic N) is 3. The first-order chi connectivity index (χ1) is 13.0. The molecule has 27 heavy (non-hydrogen) atoms. The van der Waals surface area contributed by atoms with Crippen molar-refractivity contribution >= 4 is 5.91 Å². The molecule has 0 saturated heterocycles. The molecule has 1 aliphatic heterocycles. The summed E-state index contributed by atoms with van der Waals surface area (Å²) in [4.78, 5) is 38.4. The molecule has 3 heterocycles. The minimum absolute atomic E-state index is 0.0484. The van der Waals surface area contributed by atoms with Crippen molar-refractivity contribution in [3.05, 3.63) is 81.5 Å². The maximum atomic E-state index is 13.1. The van der Waals surface area contributed by atoms with Gasteiger partial charge in [0.05, 0.1) is 17.8 Å². The lowest BCUT2D eigenvalue weighted by atomic mass is 10.0. The quantitative estimate of drug-likeness (QED) is 0.778. The summed E-state index contributed by atoms with van der Waals surface area (Å²) in [5.41, 5.74) is 3.78. The number of pyridine rings is 1. The summed E-state index contributed by atoms with van der Waals surface area (Å²) in [6.45, 7) is 4.82. The summed E-state index contributed by atoms with van der Waals surface area (Å²) < 4.78 is 0. The predicted molar refractivity (Wildman–Crippen MR) is 102 cm³/mol. The summed E-state index contributed by atoms with van der Waals surface area (Å²) in [6.07, 6.45) is 1.80. The fourth-order valence-electron chi connectivity index (χ4n) is 3.33. The van der Waals surface area contributed by atoms with Gasteiger partial charge in [0.1, 0.15) is 0 Å². The van der Waals surface area contributed by atoms with Crippen molar-refractivity contribution < 1.29 is 4.79 Å². The molecule has 1 aromatic carbocycles.